The van der Waals surface area contributed by atoms with Crippen LogP contribution < -0.4 is 35.6 Å². The van der Waals surface area contributed by atoms with E-state index in [0.717, 1.165) is 59.3 Å². The minimum atomic E-state index is -0.0944. The molecule has 2 aliphatic rings. The number of pyridine rings is 1. The monoisotopic (exact) mass is 463 g/mol. The van der Waals surface area contributed by atoms with E-state index in [1.54, 1.807) is 24.9 Å². The molecule has 2 aromatic carbocycles. The maximum Gasteiger partial charge on any atom is 0.258 e. The molecule has 0 atom stereocenters. The molecule has 0 unspecified atom stereocenters. The first-order valence-corrected chi connectivity index (χ1v) is 11.4. The number of nitrogens with one attached hydrogen (secondary N) is 1. The first kappa shape index (κ1) is 22.3. The summed E-state index contributed by atoms with van der Waals surface area (Å²) in [5, 5.41) is 4.84. The van der Waals surface area contributed by atoms with E-state index in [1.165, 1.54) is 0 Å². The third kappa shape index (κ3) is 3.50. The maximum absolute atomic E-state index is 13.4. The lowest BCUT2D eigenvalue weighted by molar-refractivity contribution is 0.174. The van der Waals surface area contributed by atoms with Crippen molar-refractivity contribution in [3.8, 4) is 34.3 Å². The van der Waals surface area contributed by atoms with Crippen molar-refractivity contribution in [3.05, 3.63) is 51.8 Å². The lowest BCUT2D eigenvalue weighted by Crippen LogP contribution is -2.19. The van der Waals surface area contributed by atoms with Gasteiger partial charge in [0.25, 0.3) is 5.56 Å². The topological polar surface area (TPSA) is 97.0 Å². The van der Waals surface area contributed by atoms with E-state index in [-0.39, 0.29) is 12.4 Å². The number of nitrogens with two attached hydrogens (primary N) is 1. The van der Waals surface area contributed by atoms with Crippen molar-refractivity contribution in [2.75, 3.05) is 40.6 Å². The van der Waals surface area contributed by atoms with Crippen LogP contribution in [0.2, 0.25) is 0 Å². The molecule has 34 heavy (non-hydrogen) atoms. The average molecular weight is 464 g/mol. The van der Waals surface area contributed by atoms with Crippen LogP contribution in [0.4, 0.5) is 0 Å². The minimum absolute atomic E-state index is 0.0944. The van der Waals surface area contributed by atoms with Gasteiger partial charge in [-0.15, -0.1) is 0 Å². The largest absolute Gasteiger partial charge is 0.493 e. The Morgan fingerprint density at radius 2 is 1.71 bits per heavy atom. The van der Waals surface area contributed by atoms with Gasteiger partial charge in [0, 0.05) is 23.6 Å². The van der Waals surface area contributed by atoms with Crippen LogP contribution in [0.5, 0.6) is 23.0 Å². The van der Waals surface area contributed by atoms with E-state index in [4.69, 9.17) is 24.7 Å². The molecular weight excluding hydrogens is 434 g/mol. The van der Waals surface area contributed by atoms with Crippen molar-refractivity contribution in [1.29, 1.82) is 0 Å². The molecule has 0 radical (unpaired) electrons. The molecule has 0 saturated carbocycles. The first-order valence-electron chi connectivity index (χ1n) is 11.4. The summed E-state index contributed by atoms with van der Waals surface area (Å²) in [6, 6.07) is 7.65. The van der Waals surface area contributed by atoms with Crippen molar-refractivity contribution < 1.29 is 18.9 Å². The third-order valence-electron chi connectivity index (χ3n) is 6.45. The van der Waals surface area contributed by atoms with Gasteiger partial charge in [0.15, 0.2) is 23.0 Å². The number of hydrogen-bond donors (Lipinski definition) is 2. The second-order valence-corrected chi connectivity index (χ2v) is 8.39. The number of rotatable bonds is 8. The van der Waals surface area contributed by atoms with E-state index < -0.39 is 0 Å². The van der Waals surface area contributed by atoms with E-state index in [9.17, 15) is 4.79 Å². The highest BCUT2D eigenvalue weighted by Crippen LogP contribution is 2.51. The highest BCUT2D eigenvalue weighted by Gasteiger charge is 2.32. The van der Waals surface area contributed by atoms with Gasteiger partial charge >= 0.3 is 0 Å². The number of nitrogens with zero attached hydrogens (tertiary/aromatic N) is 1. The quantitative estimate of drug-likeness (QED) is 0.388. The van der Waals surface area contributed by atoms with E-state index in [2.05, 4.69) is 11.4 Å². The molecule has 178 valence electrons. The molecule has 0 fully saturated rings. The van der Waals surface area contributed by atoms with Crippen molar-refractivity contribution in [2.24, 2.45) is 12.8 Å². The number of fused-ring (bicyclic) bond motifs is 6. The molecule has 0 bridgehead atoms. The number of aromatic nitrogens is 1. The summed E-state index contributed by atoms with van der Waals surface area (Å²) in [7, 11) is 4.98. The predicted molar refractivity (Wildman–Crippen MR) is 132 cm³/mol. The SMILES string of the molecule is COc1cc2c3c(n(C)c(=O)c2cc1OC)-c1cc2c(cc1/C3=C\CCNCCCN)OCO2. The zero-order valence-corrected chi connectivity index (χ0v) is 19.7. The van der Waals surface area contributed by atoms with Gasteiger partial charge in [-0.25, -0.2) is 0 Å². The fourth-order valence-corrected chi connectivity index (χ4v) is 4.81. The van der Waals surface area contributed by atoms with Gasteiger partial charge in [-0.2, -0.15) is 0 Å². The van der Waals surface area contributed by atoms with Gasteiger partial charge in [0.1, 0.15) is 0 Å². The Bertz CT molecular complexity index is 1360. The van der Waals surface area contributed by atoms with Crippen LogP contribution in [0.1, 0.15) is 24.0 Å². The maximum atomic E-state index is 13.4. The van der Waals surface area contributed by atoms with Gasteiger partial charge in [0.2, 0.25) is 6.79 Å². The first-order chi connectivity index (χ1) is 16.6. The molecule has 1 aliphatic heterocycles. The van der Waals surface area contributed by atoms with Crippen molar-refractivity contribution in [3.63, 3.8) is 0 Å². The van der Waals surface area contributed by atoms with E-state index in [1.807, 2.05) is 25.2 Å². The Hall–Kier alpha value is -3.49. The second-order valence-electron chi connectivity index (χ2n) is 8.39. The van der Waals surface area contributed by atoms with Crippen LogP contribution in [-0.4, -0.2) is 45.2 Å². The highest BCUT2D eigenvalue weighted by molar-refractivity contribution is 6.10. The summed E-state index contributed by atoms with van der Waals surface area (Å²) in [4.78, 5) is 13.4. The molecule has 0 saturated heterocycles. The zero-order chi connectivity index (χ0) is 23.8. The van der Waals surface area contributed by atoms with E-state index in [0.29, 0.717) is 34.9 Å². The Kier molecular flexibility index (Phi) is 5.93. The van der Waals surface area contributed by atoms with Crippen LogP contribution in [-0.2, 0) is 7.05 Å². The van der Waals surface area contributed by atoms with Crippen LogP contribution in [0.15, 0.2) is 35.1 Å². The summed E-state index contributed by atoms with van der Waals surface area (Å²) in [6.45, 7) is 2.59. The van der Waals surface area contributed by atoms with Gasteiger partial charge < -0.3 is 34.6 Å². The van der Waals surface area contributed by atoms with Crippen LogP contribution in [0, 0.1) is 0 Å². The molecule has 0 amide bonds. The Labute approximate surface area is 197 Å². The highest BCUT2D eigenvalue weighted by atomic mass is 16.7. The molecule has 2 heterocycles. The fraction of sp³-hybridized carbons (Fsp3) is 0.346. The predicted octanol–water partition coefficient (Wildman–Crippen LogP) is 3.02. The Morgan fingerprint density at radius 3 is 2.38 bits per heavy atom. The molecule has 8 heteroatoms. The molecule has 8 nitrogen and oxygen atoms in total. The number of methoxy groups -OCH3 is 2. The van der Waals surface area contributed by atoms with Crippen LogP contribution in [0.3, 0.4) is 0 Å². The summed E-state index contributed by atoms with van der Waals surface area (Å²) in [6.07, 6.45) is 3.99. The Balaban J connectivity index is 1.73. The third-order valence-corrected chi connectivity index (χ3v) is 6.45. The van der Waals surface area contributed by atoms with Crippen molar-refractivity contribution in [2.45, 2.75) is 12.8 Å². The molecule has 3 N–H and O–H groups in total. The smallest absolute Gasteiger partial charge is 0.258 e. The van der Waals surface area contributed by atoms with Gasteiger partial charge in [0.05, 0.1) is 25.3 Å². The lowest BCUT2D eigenvalue weighted by Gasteiger charge is -2.15. The van der Waals surface area contributed by atoms with Gasteiger partial charge in [-0.05, 0) is 67.9 Å². The Morgan fingerprint density at radius 1 is 1.03 bits per heavy atom. The summed E-state index contributed by atoms with van der Waals surface area (Å²) in [5.74, 6) is 2.51. The van der Waals surface area contributed by atoms with Gasteiger partial charge in [-0.1, -0.05) is 6.08 Å². The standard InChI is InChI=1S/C26H29N3O5/c1-29-25-18-12-23-22(33-14-34-23)10-16(18)15(6-4-8-28-9-5-7-27)24(25)17-11-20(31-2)21(32-3)13-19(17)26(29)30/h6,10-13,28H,4-5,7-9,14,27H2,1-3H3/b15-6+. The number of ether oxygens (including phenoxy) is 4. The van der Waals surface area contributed by atoms with Crippen LogP contribution in [0.25, 0.3) is 27.6 Å². The number of hydrogen-bond acceptors (Lipinski definition) is 7. The van der Waals surface area contributed by atoms with Crippen LogP contribution >= 0.6 is 0 Å². The molecule has 0 spiro atoms. The average Bonchev–Trinajstić information content (AvgIpc) is 3.44. The summed E-state index contributed by atoms with van der Waals surface area (Å²) < 4.78 is 24.1. The molecular formula is C26H29N3O5. The molecule has 5 rings (SSSR count). The van der Waals surface area contributed by atoms with Crippen molar-refractivity contribution in [1.82, 2.24) is 9.88 Å². The molecule has 3 aromatic rings. The second kappa shape index (κ2) is 9.04. The normalized spacial score (nSPS) is 14.5. The fourth-order valence-electron chi connectivity index (χ4n) is 4.81. The van der Waals surface area contributed by atoms with Crippen molar-refractivity contribution >= 4 is 16.3 Å². The van der Waals surface area contributed by atoms with E-state index >= 15 is 0 Å². The van der Waals surface area contributed by atoms with Gasteiger partial charge in [-0.3, -0.25) is 4.79 Å². The number of benzene rings is 2. The lowest BCUT2D eigenvalue weighted by atomic mass is 9.98. The molecule has 1 aromatic heterocycles. The summed E-state index contributed by atoms with van der Waals surface area (Å²) >= 11 is 0. The molecule has 1 aliphatic carbocycles. The zero-order valence-electron chi connectivity index (χ0n) is 19.7. The summed E-state index contributed by atoms with van der Waals surface area (Å²) in [5.41, 5.74) is 10.4. The minimum Gasteiger partial charge on any atom is -0.493 e.